The van der Waals surface area contributed by atoms with Crippen LogP contribution >= 0.6 is 0 Å². The van der Waals surface area contributed by atoms with Gasteiger partial charge in [0.2, 0.25) is 0 Å². The third-order valence-corrected chi connectivity index (χ3v) is 4.07. The summed E-state index contributed by atoms with van der Waals surface area (Å²) >= 11 is 0. The first kappa shape index (κ1) is 20.8. The molecule has 1 unspecified atom stereocenters. The largest absolute Gasteiger partial charge is 0.494 e. The van der Waals surface area contributed by atoms with E-state index in [9.17, 15) is 4.79 Å². The van der Waals surface area contributed by atoms with E-state index < -0.39 is 5.97 Å². The maximum atomic E-state index is 10.9. The second kappa shape index (κ2) is 11.4. The summed E-state index contributed by atoms with van der Waals surface area (Å²) in [6.07, 6.45) is 5.63. The molecule has 136 valence electrons. The van der Waals surface area contributed by atoms with Crippen LogP contribution < -0.4 is 4.74 Å². The first-order chi connectivity index (χ1) is 11.9. The Bertz CT molecular complexity index is 613. The zero-order valence-electron chi connectivity index (χ0n) is 15.8. The third-order valence-electron chi connectivity index (χ3n) is 4.07. The number of carbonyl (C=O) groups is 1. The highest BCUT2D eigenvalue weighted by molar-refractivity contribution is 5.69. The summed E-state index contributed by atoms with van der Waals surface area (Å²) in [5.74, 6) is 6.11. The van der Waals surface area contributed by atoms with Crippen LogP contribution in [0.2, 0.25) is 0 Å². The van der Waals surface area contributed by atoms with Gasteiger partial charge in [0.15, 0.2) is 0 Å². The van der Waals surface area contributed by atoms with E-state index in [0.717, 1.165) is 24.2 Å². The first-order valence-corrected chi connectivity index (χ1v) is 8.92. The summed E-state index contributed by atoms with van der Waals surface area (Å²) in [6, 6.07) is 7.61. The molecule has 1 N–H and O–H groups in total. The van der Waals surface area contributed by atoms with Gasteiger partial charge in [-0.15, -0.1) is 5.92 Å². The number of carboxylic acid groups (broad SMARTS) is 1. The normalized spacial score (nSPS) is 12.5. The number of aliphatic carboxylic acids is 1. The molecule has 1 aromatic rings. The van der Waals surface area contributed by atoms with Gasteiger partial charge in [-0.1, -0.05) is 36.6 Å². The predicted octanol–water partition coefficient (Wildman–Crippen LogP) is 5.42. The number of hydrogen-bond acceptors (Lipinski definition) is 2. The lowest BCUT2D eigenvalue weighted by molar-refractivity contribution is -0.137. The zero-order valence-corrected chi connectivity index (χ0v) is 15.8. The van der Waals surface area contributed by atoms with Gasteiger partial charge >= 0.3 is 5.97 Å². The summed E-state index contributed by atoms with van der Waals surface area (Å²) in [5.41, 5.74) is 2.29. The van der Waals surface area contributed by atoms with Crippen LogP contribution in [0.15, 0.2) is 35.9 Å². The lowest BCUT2D eigenvalue weighted by Gasteiger charge is -2.13. The van der Waals surface area contributed by atoms with Crippen molar-refractivity contribution >= 4 is 5.97 Å². The molecule has 0 bridgehead atoms. The predicted molar refractivity (Wildman–Crippen MR) is 103 cm³/mol. The Morgan fingerprint density at radius 2 is 1.92 bits per heavy atom. The van der Waals surface area contributed by atoms with Crippen molar-refractivity contribution in [2.24, 2.45) is 5.92 Å². The maximum absolute atomic E-state index is 10.9. The maximum Gasteiger partial charge on any atom is 0.304 e. The van der Waals surface area contributed by atoms with E-state index in [1.54, 1.807) is 6.92 Å². The second-order valence-corrected chi connectivity index (χ2v) is 6.71. The first-order valence-electron chi connectivity index (χ1n) is 8.92. The van der Waals surface area contributed by atoms with E-state index >= 15 is 0 Å². The van der Waals surface area contributed by atoms with E-state index in [4.69, 9.17) is 9.84 Å². The van der Waals surface area contributed by atoms with Gasteiger partial charge in [0.25, 0.3) is 0 Å². The van der Waals surface area contributed by atoms with E-state index in [1.165, 1.54) is 12.0 Å². The number of rotatable bonds is 10. The van der Waals surface area contributed by atoms with E-state index in [2.05, 4.69) is 38.7 Å². The molecule has 3 nitrogen and oxygen atoms in total. The smallest absolute Gasteiger partial charge is 0.304 e. The molecular formula is C22H30O3. The molecule has 0 aliphatic rings. The standard InChI is InChI=1S/C22H30O3/c1-5-7-20(16-22(23)24)19-10-12-21(13-11-19)25-15-14-18(4)9-6-8-17(2)3/h8,10-13,18,20H,6,9,14-16H2,1-4H3,(H,23,24)/t18-,20?/m0/s1. The van der Waals surface area contributed by atoms with Gasteiger partial charge < -0.3 is 9.84 Å². The molecule has 0 fully saturated rings. The molecule has 2 atom stereocenters. The van der Waals surface area contributed by atoms with Gasteiger partial charge in [0.05, 0.1) is 18.9 Å². The second-order valence-electron chi connectivity index (χ2n) is 6.71. The number of carboxylic acids is 1. The van der Waals surface area contributed by atoms with E-state index in [-0.39, 0.29) is 12.3 Å². The van der Waals surface area contributed by atoms with Crippen molar-refractivity contribution in [3.8, 4) is 17.6 Å². The topological polar surface area (TPSA) is 46.5 Å². The van der Waals surface area contributed by atoms with Crippen LogP contribution in [0.3, 0.4) is 0 Å². The molecule has 0 radical (unpaired) electrons. The van der Waals surface area contributed by atoms with Crippen molar-refractivity contribution in [1.29, 1.82) is 0 Å². The molecule has 0 amide bonds. The molecular weight excluding hydrogens is 312 g/mol. The monoisotopic (exact) mass is 342 g/mol. The summed E-state index contributed by atoms with van der Waals surface area (Å²) < 4.78 is 5.81. The Morgan fingerprint density at radius 1 is 1.24 bits per heavy atom. The Morgan fingerprint density at radius 3 is 2.48 bits per heavy atom. The quantitative estimate of drug-likeness (QED) is 0.456. The van der Waals surface area contributed by atoms with Crippen LogP contribution in [-0.2, 0) is 4.79 Å². The van der Waals surface area contributed by atoms with Crippen LogP contribution in [0.25, 0.3) is 0 Å². The molecule has 0 aliphatic heterocycles. The molecule has 0 saturated carbocycles. The van der Waals surface area contributed by atoms with Crippen LogP contribution in [0, 0.1) is 17.8 Å². The fourth-order valence-corrected chi connectivity index (χ4v) is 2.58. The number of allylic oxidation sites excluding steroid dienone is 2. The van der Waals surface area contributed by atoms with Gasteiger partial charge in [-0.2, -0.15) is 0 Å². The molecule has 0 spiro atoms. The van der Waals surface area contributed by atoms with Crippen LogP contribution in [-0.4, -0.2) is 17.7 Å². The van der Waals surface area contributed by atoms with Gasteiger partial charge in [0.1, 0.15) is 5.75 Å². The minimum atomic E-state index is -0.838. The number of benzene rings is 1. The fourth-order valence-electron chi connectivity index (χ4n) is 2.58. The van der Waals surface area contributed by atoms with Gasteiger partial charge in [-0.05, 0) is 63.6 Å². The molecule has 1 rings (SSSR count). The van der Waals surface area contributed by atoms with E-state index in [0.29, 0.717) is 12.5 Å². The average Bonchev–Trinajstić information content (AvgIpc) is 2.54. The Hall–Kier alpha value is -2.21. The summed E-state index contributed by atoms with van der Waals surface area (Å²) in [7, 11) is 0. The molecule has 1 aromatic carbocycles. The summed E-state index contributed by atoms with van der Waals surface area (Å²) in [4.78, 5) is 10.9. The fraction of sp³-hybridized carbons (Fsp3) is 0.500. The van der Waals surface area contributed by atoms with Crippen molar-refractivity contribution in [2.45, 2.75) is 59.3 Å². The molecule has 0 heterocycles. The Kier molecular flexibility index (Phi) is 9.47. The minimum Gasteiger partial charge on any atom is -0.494 e. The van der Waals surface area contributed by atoms with Crippen molar-refractivity contribution < 1.29 is 14.6 Å². The minimum absolute atomic E-state index is 0.0181. The van der Waals surface area contributed by atoms with Crippen LogP contribution in [0.5, 0.6) is 5.75 Å². The van der Waals surface area contributed by atoms with Crippen molar-refractivity contribution in [3.05, 3.63) is 41.5 Å². The van der Waals surface area contributed by atoms with Crippen molar-refractivity contribution in [2.75, 3.05) is 6.61 Å². The number of hydrogen-bond donors (Lipinski definition) is 1. The van der Waals surface area contributed by atoms with Crippen molar-refractivity contribution in [3.63, 3.8) is 0 Å². The zero-order chi connectivity index (χ0) is 18.7. The highest BCUT2D eigenvalue weighted by atomic mass is 16.5. The summed E-state index contributed by atoms with van der Waals surface area (Å²) in [6.45, 7) is 8.94. The third kappa shape index (κ3) is 9.00. The van der Waals surface area contributed by atoms with Gasteiger partial charge in [-0.3, -0.25) is 4.79 Å². The van der Waals surface area contributed by atoms with Gasteiger partial charge in [0, 0.05) is 0 Å². The van der Waals surface area contributed by atoms with Gasteiger partial charge in [-0.25, -0.2) is 0 Å². The number of ether oxygens (including phenoxy) is 1. The molecule has 0 saturated heterocycles. The highest BCUT2D eigenvalue weighted by Gasteiger charge is 2.13. The average molecular weight is 342 g/mol. The Balaban J connectivity index is 2.46. The lowest BCUT2D eigenvalue weighted by Crippen LogP contribution is -2.06. The van der Waals surface area contributed by atoms with Crippen LogP contribution in [0.4, 0.5) is 0 Å². The molecule has 0 aliphatic carbocycles. The highest BCUT2D eigenvalue weighted by Crippen LogP contribution is 2.22. The SMILES string of the molecule is CC#CC(CC(=O)O)c1ccc(OCC[C@@H](C)CCC=C(C)C)cc1. The van der Waals surface area contributed by atoms with Crippen LogP contribution in [0.1, 0.15) is 64.9 Å². The lowest BCUT2D eigenvalue weighted by atomic mass is 9.96. The summed E-state index contributed by atoms with van der Waals surface area (Å²) in [5, 5.41) is 8.99. The molecule has 25 heavy (non-hydrogen) atoms. The van der Waals surface area contributed by atoms with E-state index in [1.807, 2.05) is 24.3 Å². The Labute approximate surface area is 152 Å². The van der Waals surface area contributed by atoms with Crippen molar-refractivity contribution in [1.82, 2.24) is 0 Å². The molecule has 3 heteroatoms. The molecule has 0 aromatic heterocycles.